The zero-order chi connectivity index (χ0) is 19.7. The van der Waals surface area contributed by atoms with Crippen LogP contribution in [0.4, 0.5) is 8.78 Å². The maximum Gasteiger partial charge on any atom is 0.308 e. The van der Waals surface area contributed by atoms with E-state index < -0.39 is 23.5 Å². The number of likely N-dealkylation sites (tertiary alicyclic amines) is 1. The van der Waals surface area contributed by atoms with E-state index in [1.165, 1.54) is 17.2 Å². The zero-order valence-corrected chi connectivity index (χ0v) is 15.5. The minimum atomic E-state index is -1.04. The molecule has 2 aliphatic rings. The van der Waals surface area contributed by atoms with Gasteiger partial charge in [0.15, 0.2) is 0 Å². The Bertz CT molecular complexity index is 858. The van der Waals surface area contributed by atoms with Crippen molar-refractivity contribution in [3.8, 4) is 0 Å². The standard InChI is InChI=1S/C22H23F2NO3/c23-19-6-3-7-20(24)17(19)12-16(21(26)27)13-25-10-8-22(9-11-25)18-5-2-1-4-15(18)14-28-22/h1-7,16H,8-14H2,(H,26,27). The molecule has 1 unspecified atom stereocenters. The molecule has 0 amide bonds. The van der Waals surface area contributed by atoms with Gasteiger partial charge in [0.2, 0.25) is 0 Å². The van der Waals surface area contributed by atoms with Crippen molar-refractivity contribution in [2.45, 2.75) is 31.5 Å². The summed E-state index contributed by atoms with van der Waals surface area (Å²) >= 11 is 0. The molecular weight excluding hydrogens is 364 g/mol. The van der Waals surface area contributed by atoms with Crippen LogP contribution in [0, 0.1) is 17.6 Å². The number of piperidine rings is 1. The SMILES string of the molecule is O=C(O)C(Cc1c(F)cccc1F)CN1CCC2(CC1)OCc1ccccc12. The maximum atomic E-state index is 13.9. The van der Waals surface area contributed by atoms with Crippen LogP contribution in [0.2, 0.25) is 0 Å². The summed E-state index contributed by atoms with van der Waals surface area (Å²) < 4.78 is 34.0. The van der Waals surface area contributed by atoms with Crippen LogP contribution in [0.15, 0.2) is 42.5 Å². The summed E-state index contributed by atoms with van der Waals surface area (Å²) in [6.07, 6.45) is 1.41. The lowest BCUT2D eigenvalue weighted by molar-refractivity contribution is -0.143. The van der Waals surface area contributed by atoms with Crippen LogP contribution in [0.3, 0.4) is 0 Å². The Morgan fingerprint density at radius 2 is 1.79 bits per heavy atom. The van der Waals surface area contributed by atoms with E-state index in [1.54, 1.807) is 0 Å². The number of ether oxygens (including phenoxy) is 1. The van der Waals surface area contributed by atoms with Gasteiger partial charge in [-0.15, -0.1) is 0 Å². The van der Waals surface area contributed by atoms with Gasteiger partial charge in [-0.2, -0.15) is 0 Å². The number of fused-ring (bicyclic) bond motifs is 2. The van der Waals surface area contributed by atoms with Crippen LogP contribution in [-0.2, 0) is 28.2 Å². The summed E-state index contributed by atoms with van der Waals surface area (Å²) in [6.45, 7) is 2.26. The van der Waals surface area contributed by atoms with E-state index in [1.807, 2.05) is 12.1 Å². The van der Waals surface area contributed by atoms with Crippen molar-refractivity contribution in [3.63, 3.8) is 0 Å². The van der Waals surface area contributed by atoms with Crippen molar-refractivity contribution in [1.29, 1.82) is 0 Å². The van der Waals surface area contributed by atoms with Crippen LogP contribution in [0.5, 0.6) is 0 Å². The van der Waals surface area contributed by atoms with Gasteiger partial charge >= 0.3 is 5.97 Å². The average Bonchev–Trinajstić information content (AvgIpc) is 3.04. The van der Waals surface area contributed by atoms with E-state index in [-0.39, 0.29) is 24.1 Å². The van der Waals surface area contributed by atoms with Crippen LogP contribution in [-0.4, -0.2) is 35.6 Å². The maximum absolute atomic E-state index is 13.9. The number of hydrogen-bond acceptors (Lipinski definition) is 3. The largest absolute Gasteiger partial charge is 0.481 e. The van der Waals surface area contributed by atoms with Crippen LogP contribution >= 0.6 is 0 Å². The Balaban J connectivity index is 1.42. The molecule has 0 saturated carbocycles. The topological polar surface area (TPSA) is 49.8 Å². The third kappa shape index (κ3) is 3.54. The molecule has 2 heterocycles. The number of benzene rings is 2. The van der Waals surface area contributed by atoms with Crippen molar-refractivity contribution >= 4 is 5.97 Å². The predicted octanol–water partition coefficient (Wildman–Crippen LogP) is 3.73. The molecule has 2 aromatic carbocycles. The molecule has 6 heteroatoms. The Morgan fingerprint density at radius 3 is 2.46 bits per heavy atom. The molecule has 0 aromatic heterocycles. The molecule has 2 aliphatic heterocycles. The average molecular weight is 387 g/mol. The Kier molecular flexibility index (Phi) is 5.17. The molecule has 0 radical (unpaired) electrons. The molecule has 4 rings (SSSR count). The summed E-state index contributed by atoms with van der Waals surface area (Å²) in [4.78, 5) is 13.8. The van der Waals surface area contributed by atoms with Gasteiger partial charge in [0, 0.05) is 25.2 Å². The molecule has 4 nitrogen and oxygen atoms in total. The van der Waals surface area contributed by atoms with Crippen molar-refractivity contribution < 1.29 is 23.4 Å². The third-order valence-corrected chi connectivity index (χ3v) is 6.02. The first-order valence-electron chi connectivity index (χ1n) is 9.59. The number of nitrogens with zero attached hydrogens (tertiary/aromatic N) is 1. The monoisotopic (exact) mass is 387 g/mol. The number of halogens is 2. The van der Waals surface area contributed by atoms with E-state index in [4.69, 9.17) is 4.74 Å². The number of hydrogen-bond donors (Lipinski definition) is 1. The normalized spacial score (nSPS) is 19.5. The van der Waals surface area contributed by atoms with Crippen molar-refractivity contribution in [2.24, 2.45) is 5.92 Å². The minimum absolute atomic E-state index is 0.156. The molecule has 1 N–H and O–H groups in total. The molecule has 148 valence electrons. The van der Waals surface area contributed by atoms with Crippen LogP contribution in [0.1, 0.15) is 29.5 Å². The highest BCUT2D eigenvalue weighted by Crippen LogP contribution is 2.44. The molecule has 1 fully saturated rings. The van der Waals surface area contributed by atoms with Gasteiger partial charge in [0.05, 0.1) is 18.1 Å². The molecule has 1 atom stereocenters. The second-order valence-electron chi connectivity index (χ2n) is 7.68. The van der Waals surface area contributed by atoms with Gasteiger partial charge < -0.3 is 14.7 Å². The number of carbonyl (C=O) groups is 1. The van der Waals surface area contributed by atoms with E-state index in [9.17, 15) is 18.7 Å². The van der Waals surface area contributed by atoms with Gasteiger partial charge in [-0.25, -0.2) is 8.78 Å². The lowest BCUT2D eigenvalue weighted by Crippen LogP contribution is -2.45. The van der Waals surface area contributed by atoms with Gasteiger partial charge in [-0.05, 0) is 42.5 Å². The molecule has 1 spiro atoms. The van der Waals surface area contributed by atoms with Crippen molar-refractivity contribution in [1.82, 2.24) is 4.90 Å². The Labute approximate surface area is 162 Å². The number of carboxylic acid groups (broad SMARTS) is 1. The van der Waals surface area contributed by atoms with E-state index in [2.05, 4.69) is 17.0 Å². The molecule has 0 bridgehead atoms. The fourth-order valence-corrected chi connectivity index (χ4v) is 4.41. The quantitative estimate of drug-likeness (QED) is 0.849. The number of carboxylic acids is 1. The second kappa shape index (κ2) is 7.60. The van der Waals surface area contributed by atoms with E-state index >= 15 is 0 Å². The van der Waals surface area contributed by atoms with Crippen LogP contribution in [0.25, 0.3) is 0 Å². The lowest BCUT2D eigenvalue weighted by atomic mass is 9.83. The predicted molar refractivity (Wildman–Crippen MR) is 99.8 cm³/mol. The van der Waals surface area contributed by atoms with Crippen LogP contribution < -0.4 is 0 Å². The first-order chi connectivity index (χ1) is 13.5. The highest BCUT2D eigenvalue weighted by Gasteiger charge is 2.42. The summed E-state index contributed by atoms with van der Waals surface area (Å²) in [5.41, 5.74) is 2.01. The van der Waals surface area contributed by atoms with Crippen molar-refractivity contribution in [3.05, 3.63) is 70.8 Å². The number of aliphatic carboxylic acids is 1. The second-order valence-corrected chi connectivity index (χ2v) is 7.68. The fraction of sp³-hybridized carbons (Fsp3) is 0.409. The zero-order valence-electron chi connectivity index (χ0n) is 15.5. The minimum Gasteiger partial charge on any atom is -0.481 e. The molecule has 28 heavy (non-hydrogen) atoms. The highest BCUT2D eigenvalue weighted by molar-refractivity contribution is 5.70. The fourth-order valence-electron chi connectivity index (χ4n) is 4.41. The molecule has 2 aromatic rings. The molecule has 1 saturated heterocycles. The Hall–Kier alpha value is -2.31. The first-order valence-corrected chi connectivity index (χ1v) is 9.59. The summed E-state index contributed by atoms with van der Waals surface area (Å²) in [6, 6.07) is 11.8. The van der Waals surface area contributed by atoms with Gasteiger partial charge in [0.1, 0.15) is 11.6 Å². The van der Waals surface area contributed by atoms with Crippen molar-refractivity contribution in [2.75, 3.05) is 19.6 Å². The Morgan fingerprint density at radius 1 is 1.11 bits per heavy atom. The summed E-state index contributed by atoms with van der Waals surface area (Å²) in [7, 11) is 0. The summed E-state index contributed by atoms with van der Waals surface area (Å²) in [5, 5.41) is 9.59. The molecular formula is C22H23F2NO3. The summed E-state index contributed by atoms with van der Waals surface area (Å²) in [5.74, 6) is -3.29. The molecule has 0 aliphatic carbocycles. The smallest absolute Gasteiger partial charge is 0.308 e. The van der Waals surface area contributed by atoms with E-state index in [0.717, 1.165) is 25.0 Å². The van der Waals surface area contributed by atoms with Gasteiger partial charge in [0.25, 0.3) is 0 Å². The van der Waals surface area contributed by atoms with Gasteiger partial charge in [-0.3, -0.25) is 4.79 Å². The first kappa shape index (κ1) is 19.0. The third-order valence-electron chi connectivity index (χ3n) is 6.02. The number of rotatable bonds is 5. The van der Waals surface area contributed by atoms with E-state index in [0.29, 0.717) is 19.7 Å². The van der Waals surface area contributed by atoms with Gasteiger partial charge in [-0.1, -0.05) is 30.3 Å². The lowest BCUT2D eigenvalue weighted by Gasteiger charge is -2.40. The highest BCUT2D eigenvalue weighted by atomic mass is 19.1.